The van der Waals surface area contributed by atoms with E-state index in [1.54, 1.807) is 23.9 Å². The summed E-state index contributed by atoms with van der Waals surface area (Å²) in [7, 11) is 0. The van der Waals surface area contributed by atoms with Crippen LogP contribution in [-0.2, 0) is 11.3 Å². The molecule has 106 valence electrons. The summed E-state index contributed by atoms with van der Waals surface area (Å²) < 4.78 is 19.5. The number of benzene rings is 1. The molecule has 19 heavy (non-hydrogen) atoms. The molecule has 1 heterocycles. The Morgan fingerprint density at radius 2 is 2.32 bits per heavy atom. The molecule has 1 aliphatic heterocycles. The second kappa shape index (κ2) is 7.27. The molecule has 2 rings (SSSR count). The van der Waals surface area contributed by atoms with Gasteiger partial charge in [-0.2, -0.15) is 0 Å². The van der Waals surface area contributed by atoms with Gasteiger partial charge in [0.15, 0.2) is 0 Å². The Bertz CT molecular complexity index is 413. The third kappa shape index (κ3) is 3.94. The van der Waals surface area contributed by atoms with Crippen LogP contribution in [0.15, 0.2) is 23.1 Å². The molecule has 0 spiro atoms. The van der Waals surface area contributed by atoms with Gasteiger partial charge in [0.25, 0.3) is 0 Å². The average Bonchev–Trinajstić information content (AvgIpc) is 2.79. The van der Waals surface area contributed by atoms with E-state index in [1.165, 1.54) is 0 Å². The third-order valence-corrected chi connectivity index (χ3v) is 4.95. The normalized spacial score (nSPS) is 22.9. The summed E-state index contributed by atoms with van der Waals surface area (Å²) in [5, 5.41) is 3.72. The van der Waals surface area contributed by atoms with Gasteiger partial charge in [0.05, 0.1) is 6.10 Å². The number of hydrogen-bond donors (Lipinski definition) is 1. The molecule has 2 atom stereocenters. The molecular formula is C15H22FNOS. The minimum absolute atomic E-state index is 0.111. The fourth-order valence-corrected chi connectivity index (χ4v) is 3.52. The number of thioether (sulfide) groups is 1. The average molecular weight is 283 g/mol. The Labute approximate surface area is 119 Å². The first kappa shape index (κ1) is 14.8. The van der Waals surface area contributed by atoms with Crippen molar-refractivity contribution in [3.05, 3.63) is 29.6 Å². The summed E-state index contributed by atoms with van der Waals surface area (Å²) >= 11 is 1.75. The van der Waals surface area contributed by atoms with Gasteiger partial charge in [-0.1, -0.05) is 13.0 Å². The zero-order valence-electron chi connectivity index (χ0n) is 11.6. The monoisotopic (exact) mass is 283 g/mol. The minimum atomic E-state index is -0.111. The van der Waals surface area contributed by atoms with Gasteiger partial charge in [0.1, 0.15) is 5.82 Å². The fraction of sp³-hybridized carbons (Fsp3) is 0.600. The van der Waals surface area contributed by atoms with Gasteiger partial charge in [0.2, 0.25) is 0 Å². The van der Waals surface area contributed by atoms with Crippen molar-refractivity contribution in [3.8, 4) is 0 Å². The van der Waals surface area contributed by atoms with Crippen molar-refractivity contribution >= 4 is 11.8 Å². The van der Waals surface area contributed by atoms with Gasteiger partial charge in [-0.25, -0.2) is 4.39 Å². The predicted octanol–water partition coefficient (Wildman–Crippen LogP) is 3.59. The van der Waals surface area contributed by atoms with E-state index in [0.29, 0.717) is 11.8 Å². The van der Waals surface area contributed by atoms with E-state index in [9.17, 15) is 4.39 Å². The molecule has 0 aromatic heterocycles. The van der Waals surface area contributed by atoms with E-state index in [2.05, 4.69) is 19.2 Å². The van der Waals surface area contributed by atoms with Crippen molar-refractivity contribution in [1.29, 1.82) is 0 Å². The lowest BCUT2D eigenvalue weighted by atomic mass is 10.2. The number of hydrogen-bond acceptors (Lipinski definition) is 3. The molecule has 1 aliphatic rings. The largest absolute Gasteiger partial charge is 0.377 e. The van der Waals surface area contributed by atoms with Crippen LogP contribution in [0.2, 0.25) is 0 Å². The van der Waals surface area contributed by atoms with Crippen LogP contribution in [0.4, 0.5) is 4.39 Å². The lowest BCUT2D eigenvalue weighted by molar-refractivity contribution is 0.127. The Morgan fingerprint density at radius 1 is 1.47 bits per heavy atom. The molecule has 0 aliphatic carbocycles. The van der Waals surface area contributed by atoms with Gasteiger partial charge in [-0.3, -0.25) is 0 Å². The Hall–Kier alpha value is -0.580. The van der Waals surface area contributed by atoms with Crippen LogP contribution in [0.5, 0.6) is 0 Å². The SMILES string of the molecule is CCCNCc1c(F)cccc1SC1CCOC1C. The van der Waals surface area contributed by atoms with Crippen molar-refractivity contribution in [3.63, 3.8) is 0 Å². The molecule has 0 bridgehead atoms. The molecule has 0 radical (unpaired) electrons. The van der Waals surface area contributed by atoms with Crippen LogP contribution < -0.4 is 5.32 Å². The molecule has 0 amide bonds. The molecular weight excluding hydrogens is 261 g/mol. The second-order valence-corrected chi connectivity index (χ2v) is 6.20. The molecule has 4 heteroatoms. The molecule has 1 aromatic rings. The number of nitrogens with one attached hydrogen (secondary N) is 1. The van der Waals surface area contributed by atoms with Crippen LogP contribution in [0, 0.1) is 5.82 Å². The van der Waals surface area contributed by atoms with Crippen LogP contribution in [0.1, 0.15) is 32.3 Å². The van der Waals surface area contributed by atoms with Crippen molar-refractivity contribution in [1.82, 2.24) is 5.32 Å². The molecule has 1 saturated heterocycles. The summed E-state index contributed by atoms with van der Waals surface area (Å²) in [6.45, 7) is 6.55. The Balaban J connectivity index is 2.07. The first-order valence-corrected chi connectivity index (χ1v) is 7.86. The van der Waals surface area contributed by atoms with E-state index in [4.69, 9.17) is 4.74 Å². The highest BCUT2D eigenvalue weighted by Crippen LogP contribution is 2.35. The van der Waals surface area contributed by atoms with Crippen LogP contribution in [0.3, 0.4) is 0 Å². The Kier molecular flexibility index (Phi) is 5.67. The van der Waals surface area contributed by atoms with Crippen LogP contribution in [0.25, 0.3) is 0 Å². The summed E-state index contributed by atoms with van der Waals surface area (Å²) in [6.07, 6.45) is 2.36. The second-order valence-electron chi connectivity index (χ2n) is 4.91. The molecule has 2 unspecified atom stereocenters. The van der Waals surface area contributed by atoms with E-state index >= 15 is 0 Å². The topological polar surface area (TPSA) is 21.3 Å². The maximum absolute atomic E-state index is 14.0. The molecule has 2 nitrogen and oxygen atoms in total. The van der Waals surface area contributed by atoms with Gasteiger partial charge < -0.3 is 10.1 Å². The lowest BCUT2D eigenvalue weighted by Gasteiger charge is -2.17. The number of rotatable bonds is 6. The summed E-state index contributed by atoms with van der Waals surface area (Å²) in [5.41, 5.74) is 0.792. The van der Waals surface area contributed by atoms with Crippen molar-refractivity contribution in [2.75, 3.05) is 13.2 Å². The van der Waals surface area contributed by atoms with Gasteiger partial charge in [-0.15, -0.1) is 11.8 Å². The van der Waals surface area contributed by atoms with Gasteiger partial charge in [-0.05, 0) is 38.4 Å². The predicted molar refractivity (Wildman–Crippen MR) is 78.1 cm³/mol. The van der Waals surface area contributed by atoms with Crippen LogP contribution in [-0.4, -0.2) is 24.5 Å². The zero-order valence-corrected chi connectivity index (χ0v) is 12.4. The van der Waals surface area contributed by atoms with E-state index in [1.807, 2.05) is 6.07 Å². The first-order valence-electron chi connectivity index (χ1n) is 6.98. The van der Waals surface area contributed by atoms with Crippen molar-refractivity contribution in [2.45, 2.75) is 49.5 Å². The van der Waals surface area contributed by atoms with Gasteiger partial charge in [0, 0.05) is 28.9 Å². The molecule has 1 aromatic carbocycles. The van der Waals surface area contributed by atoms with E-state index < -0.39 is 0 Å². The highest BCUT2D eigenvalue weighted by Gasteiger charge is 2.26. The molecule has 1 fully saturated rings. The lowest BCUT2D eigenvalue weighted by Crippen LogP contribution is -2.17. The van der Waals surface area contributed by atoms with Crippen LogP contribution >= 0.6 is 11.8 Å². The van der Waals surface area contributed by atoms with Gasteiger partial charge >= 0.3 is 0 Å². The maximum Gasteiger partial charge on any atom is 0.128 e. The minimum Gasteiger partial charge on any atom is -0.377 e. The standard InChI is InChI=1S/C15H22FNOS/c1-3-8-17-10-12-13(16)5-4-6-15(12)19-14-7-9-18-11(14)2/h4-6,11,14,17H,3,7-10H2,1-2H3. The quantitative estimate of drug-likeness (QED) is 0.806. The summed E-state index contributed by atoms with van der Waals surface area (Å²) in [6, 6.07) is 5.35. The highest BCUT2D eigenvalue weighted by molar-refractivity contribution is 8.00. The molecule has 0 saturated carbocycles. The first-order chi connectivity index (χ1) is 9.22. The highest BCUT2D eigenvalue weighted by atomic mass is 32.2. The third-order valence-electron chi connectivity index (χ3n) is 3.39. The Morgan fingerprint density at radius 3 is 3.00 bits per heavy atom. The maximum atomic E-state index is 14.0. The zero-order chi connectivity index (χ0) is 13.7. The number of ether oxygens (including phenoxy) is 1. The van der Waals surface area contributed by atoms with E-state index in [0.717, 1.165) is 36.5 Å². The summed E-state index contributed by atoms with van der Waals surface area (Å²) in [4.78, 5) is 1.05. The summed E-state index contributed by atoms with van der Waals surface area (Å²) in [5.74, 6) is -0.111. The van der Waals surface area contributed by atoms with Crippen molar-refractivity contribution in [2.24, 2.45) is 0 Å². The molecule has 1 N–H and O–H groups in total. The smallest absolute Gasteiger partial charge is 0.128 e. The number of halogens is 1. The van der Waals surface area contributed by atoms with Crippen molar-refractivity contribution < 1.29 is 9.13 Å². The van der Waals surface area contributed by atoms with E-state index in [-0.39, 0.29) is 11.9 Å². The fourth-order valence-electron chi connectivity index (χ4n) is 2.24.